The number of nitrogens with one attached hydrogen (secondary N) is 1. The molecule has 0 amide bonds. The van der Waals surface area contributed by atoms with E-state index in [9.17, 15) is 17.2 Å². The average Bonchev–Trinajstić information content (AvgIpc) is 2.54. The van der Waals surface area contributed by atoms with Gasteiger partial charge in [0.15, 0.2) is 0 Å². The van der Waals surface area contributed by atoms with E-state index in [-0.39, 0.29) is 6.54 Å². The molecular weight excluding hydrogens is 334 g/mol. The third-order valence-corrected chi connectivity index (χ3v) is 5.52. The number of benzene rings is 2. The fourth-order valence-electron chi connectivity index (χ4n) is 2.85. The second-order valence-corrected chi connectivity index (χ2v) is 7.56. The zero-order valence-corrected chi connectivity index (χ0v) is 13.8. The van der Waals surface area contributed by atoms with Crippen LogP contribution < -0.4 is 4.72 Å². The largest absolute Gasteiger partial charge is 0.297 e. The van der Waals surface area contributed by atoms with Crippen molar-refractivity contribution in [2.45, 2.75) is 17.9 Å². The molecule has 1 N–H and O–H groups in total. The highest BCUT2D eigenvalue weighted by molar-refractivity contribution is 7.89. The molecule has 0 saturated carbocycles. The predicted molar refractivity (Wildman–Crippen MR) is 87.0 cm³/mol. The molecule has 0 aromatic heterocycles. The Bertz CT molecular complexity index is 820. The first-order valence-corrected chi connectivity index (χ1v) is 9.17. The van der Waals surface area contributed by atoms with Gasteiger partial charge in [-0.1, -0.05) is 24.3 Å². The van der Waals surface area contributed by atoms with Crippen molar-refractivity contribution in [1.82, 2.24) is 9.62 Å². The highest BCUT2D eigenvalue weighted by atomic mass is 32.2. The number of sulfonamides is 1. The molecule has 7 heteroatoms. The molecule has 2 aromatic carbocycles. The van der Waals surface area contributed by atoms with E-state index in [0.29, 0.717) is 12.6 Å². The Morgan fingerprint density at radius 2 is 1.71 bits per heavy atom. The zero-order valence-electron chi connectivity index (χ0n) is 13.0. The molecule has 1 aliphatic rings. The van der Waals surface area contributed by atoms with Crippen molar-refractivity contribution in [3.05, 3.63) is 65.2 Å². The Balaban J connectivity index is 1.58. The van der Waals surface area contributed by atoms with Crippen molar-refractivity contribution >= 4 is 10.0 Å². The number of fused-ring (bicyclic) bond motifs is 1. The lowest BCUT2D eigenvalue weighted by Crippen LogP contribution is -2.37. The second kappa shape index (κ2) is 6.96. The van der Waals surface area contributed by atoms with Gasteiger partial charge in [0.1, 0.15) is 11.6 Å². The maximum atomic E-state index is 13.2. The van der Waals surface area contributed by atoms with Gasteiger partial charge in [0, 0.05) is 32.2 Å². The lowest BCUT2D eigenvalue weighted by Gasteiger charge is -2.28. The van der Waals surface area contributed by atoms with E-state index in [0.717, 1.165) is 31.6 Å². The molecule has 0 saturated heterocycles. The normalized spacial score (nSPS) is 15.2. The van der Waals surface area contributed by atoms with E-state index in [1.165, 1.54) is 11.1 Å². The van der Waals surface area contributed by atoms with Crippen molar-refractivity contribution in [3.8, 4) is 0 Å². The molecule has 24 heavy (non-hydrogen) atoms. The molecule has 0 radical (unpaired) electrons. The van der Waals surface area contributed by atoms with Crippen LogP contribution in [0.1, 0.15) is 11.1 Å². The molecule has 0 fully saturated rings. The van der Waals surface area contributed by atoms with Crippen molar-refractivity contribution < 1.29 is 17.2 Å². The molecule has 0 spiro atoms. The minimum Gasteiger partial charge on any atom is -0.297 e. The highest BCUT2D eigenvalue weighted by Gasteiger charge is 2.18. The summed E-state index contributed by atoms with van der Waals surface area (Å²) in [5, 5.41) is 0. The lowest BCUT2D eigenvalue weighted by molar-refractivity contribution is 0.258. The maximum Gasteiger partial charge on any atom is 0.240 e. The van der Waals surface area contributed by atoms with Crippen LogP contribution in [-0.4, -0.2) is 33.0 Å². The first-order valence-electron chi connectivity index (χ1n) is 7.69. The average molecular weight is 352 g/mol. The van der Waals surface area contributed by atoms with Gasteiger partial charge in [-0.25, -0.2) is 21.9 Å². The molecule has 0 atom stereocenters. The quantitative estimate of drug-likeness (QED) is 0.898. The molecule has 4 nitrogen and oxygen atoms in total. The lowest BCUT2D eigenvalue weighted by atomic mass is 10.0. The molecule has 128 valence electrons. The van der Waals surface area contributed by atoms with Crippen LogP contribution in [-0.2, 0) is 23.0 Å². The van der Waals surface area contributed by atoms with Crippen LogP contribution in [0.3, 0.4) is 0 Å². The first kappa shape index (κ1) is 17.0. The zero-order chi connectivity index (χ0) is 17.2. The molecule has 1 aliphatic heterocycles. The third-order valence-electron chi connectivity index (χ3n) is 4.08. The summed E-state index contributed by atoms with van der Waals surface area (Å²) in [5.41, 5.74) is 2.57. The van der Waals surface area contributed by atoms with Crippen LogP contribution in [0.15, 0.2) is 47.4 Å². The van der Waals surface area contributed by atoms with Gasteiger partial charge in [-0.05, 0) is 29.7 Å². The van der Waals surface area contributed by atoms with Gasteiger partial charge >= 0.3 is 0 Å². The Labute approximate surface area is 140 Å². The van der Waals surface area contributed by atoms with Crippen LogP contribution in [0.4, 0.5) is 8.78 Å². The van der Waals surface area contributed by atoms with Crippen molar-refractivity contribution in [1.29, 1.82) is 0 Å². The maximum absolute atomic E-state index is 13.2. The van der Waals surface area contributed by atoms with Crippen LogP contribution in [0, 0.1) is 11.6 Å². The summed E-state index contributed by atoms with van der Waals surface area (Å²) in [6.45, 7) is 2.34. The Kier molecular flexibility index (Phi) is 4.93. The van der Waals surface area contributed by atoms with Crippen LogP contribution >= 0.6 is 0 Å². The Morgan fingerprint density at radius 1 is 1.04 bits per heavy atom. The van der Waals surface area contributed by atoms with Crippen LogP contribution in [0.2, 0.25) is 0 Å². The fraction of sp³-hybridized carbons (Fsp3) is 0.294. The summed E-state index contributed by atoms with van der Waals surface area (Å²) >= 11 is 0. The van der Waals surface area contributed by atoms with Gasteiger partial charge in [-0.3, -0.25) is 4.90 Å². The number of rotatable bonds is 5. The van der Waals surface area contributed by atoms with E-state index in [4.69, 9.17) is 0 Å². The summed E-state index contributed by atoms with van der Waals surface area (Å²) in [7, 11) is -3.92. The van der Waals surface area contributed by atoms with E-state index in [1.807, 2.05) is 12.1 Å². The number of hydrogen-bond acceptors (Lipinski definition) is 3. The van der Waals surface area contributed by atoms with Crippen LogP contribution in [0.25, 0.3) is 0 Å². The number of hydrogen-bond donors (Lipinski definition) is 1. The van der Waals surface area contributed by atoms with Crippen molar-refractivity contribution in [2.24, 2.45) is 0 Å². The van der Waals surface area contributed by atoms with Gasteiger partial charge in [0.25, 0.3) is 0 Å². The van der Waals surface area contributed by atoms with Gasteiger partial charge in [-0.2, -0.15) is 0 Å². The van der Waals surface area contributed by atoms with Gasteiger partial charge in [0.05, 0.1) is 4.90 Å². The number of halogens is 2. The van der Waals surface area contributed by atoms with E-state index in [2.05, 4.69) is 21.8 Å². The minimum absolute atomic E-state index is 0.183. The summed E-state index contributed by atoms with van der Waals surface area (Å²) in [6.07, 6.45) is 0.929. The summed E-state index contributed by atoms with van der Waals surface area (Å²) in [6, 6.07) is 10.4. The van der Waals surface area contributed by atoms with Gasteiger partial charge < -0.3 is 0 Å². The van der Waals surface area contributed by atoms with Gasteiger partial charge in [0.2, 0.25) is 10.0 Å². The summed E-state index contributed by atoms with van der Waals surface area (Å²) in [5.74, 6) is -1.83. The first-order chi connectivity index (χ1) is 11.4. The predicted octanol–water partition coefficient (Wildman–Crippen LogP) is 2.30. The molecule has 0 unspecified atom stereocenters. The van der Waals surface area contributed by atoms with Crippen molar-refractivity contribution in [2.75, 3.05) is 19.6 Å². The van der Waals surface area contributed by atoms with Gasteiger partial charge in [-0.15, -0.1) is 0 Å². The van der Waals surface area contributed by atoms with Crippen LogP contribution in [0.5, 0.6) is 0 Å². The molecule has 1 heterocycles. The summed E-state index contributed by atoms with van der Waals surface area (Å²) in [4.78, 5) is 1.75. The topological polar surface area (TPSA) is 49.4 Å². The molecule has 3 rings (SSSR count). The SMILES string of the molecule is O=S(=O)(NCCN1CCc2ccccc2C1)c1cc(F)cc(F)c1. The molecular formula is C17H18F2N2O2S. The van der Waals surface area contributed by atoms with Crippen molar-refractivity contribution in [3.63, 3.8) is 0 Å². The van der Waals surface area contributed by atoms with E-state index in [1.54, 1.807) is 0 Å². The standard InChI is InChI=1S/C17H18F2N2O2S/c18-15-9-16(19)11-17(10-15)24(22,23)20-6-8-21-7-5-13-3-1-2-4-14(13)12-21/h1-4,9-11,20H,5-8,12H2. The summed E-state index contributed by atoms with van der Waals surface area (Å²) < 4.78 is 53.0. The second-order valence-electron chi connectivity index (χ2n) is 5.80. The Hall–Kier alpha value is -1.83. The number of nitrogens with zero attached hydrogens (tertiary/aromatic N) is 1. The molecule has 2 aromatic rings. The highest BCUT2D eigenvalue weighted by Crippen LogP contribution is 2.18. The van der Waals surface area contributed by atoms with E-state index >= 15 is 0 Å². The smallest absolute Gasteiger partial charge is 0.240 e. The fourth-order valence-corrected chi connectivity index (χ4v) is 3.91. The Morgan fingerprint density at radius 3 is 2.42 bits per heavy atom. The molecule has 0 bridgehead atoms. The monoisotopic (exact) mass is 352 g/mol. The third kappa shape index (κ3) is 3.98. The molecule has 0 aliphatic carbocycles. The van der Waals surface area contributed by atoms with E-state index < -0.39 is 26.6 Å². The minimum atomic E-state index is -3.92.